The first-order valence-corrected chi connectivity index (χ1v) is 5.76. The van der Waals surface area contributed by atoms with Gasteiger partial charge in [0.25, 0.3) is 11.6 Å². The van der Waals surface area contributed by atoms with E-state index in [4.69, 9.17) is 11.6 Å². The Morgan fingerprint density at radius 1 is 1.11 bits per heavy atom. The first-order chi connectivity index (χ1) is 9.09. The van der Waals surface area contributed by atoms with E-state index in [1.807, 2.05) is 0 Å². The molecule has 1 amide bonds. The third kappa shape index (κ3) is 2.89. The quantitative estimate of drug-likeness (QED) is 0.689. The highest BCUT2D eigenvalue weighted by molar-refractivity contribution is 6.35. The van der Waals surface area contributed by atoms with Crippen LogP contribution in [0.4, 0.5) is 11.4 Å². The average molecular weight is 277 g/mol. The third-order valence-electron chi connectivity index (χ3n) is 2.45. The molecule has 2 aromatic carbocycles. The monoisotopic (exact) mass is 276 g/mol. The second-order valence-electron chi connectivity index (χ2n) is 3.71. The van der Waals surface area contributed by atoms with E-state index in [1.54, 1.807) is 30.3 Å². The van der Waals surface area contributed by atoms with Crippen LogP contribution < -0.4 is 5.32 Å². The van der Waals surface area contributed by atoms with Crippen molar-refractivity contribution < 1.29 is 9.72 Å². The molecule has 0 saturated carbocycles. The summed E-state index contributed by atoms with van der Waals surface area (Å²) in [6.07, 6.45) is 0. The van der Waals surface area contributed by atoms with Gasteiger partial charge in [0.1, 0.15) is 5.56 Å². The molecule has 0 aliphatic rings. The van der Waals surface area contributed by atoms with E-state index in [9.17, 15) is 14.9 Å². The number of anilines is 1. The molecule has 96 valence electrons. The summed E-state index contributed by atoms with van der Waals surface area (Å²) in [6.45, 7) is 0. The van der Waals surface area contributed by atoms with Crippen LogP contribution in [0.25, 0.3) is 0 Å². The number of amides is 1. The zero-order chi connectivity index (χ0) is 13.8. The van der Waals surface area contributed by atoms with Crippen molar-refractivity contribution >= 4 is 28.9 Å². The first kappa shape index (κ1) is 13.0. The highest BCUT2D eigenvalue weighted by Crippen LogP contribution is 2.27. The maximum atomic E-state index is 12.1. The van der Waals surface area contributed by atoms with Crippen LogP contribution in [0.5, 0.6) is 0 Å². The maximum Gasteiger partial charge on any atom is 0.283 e. The molecular formula is C13H9ClN2O3. The van der Waals surface area contributed by atoms with E-state index >= 15 is 0 Å². The van der Waals surface area contributed by atoms with Crippen LogP contribution in [0.2, 0.25) is 5.02 Å². The van der Waals surface area contributed by atoms with Gasteiger partial charge < -0.3 is 5.32 Å². The normalized spacial score (nSPS) is 9.95. The molecule has 0 heterocycles. The lowest BCUT2D eigenvalue weighted by atomic mass is 10.1. The summed E-state index contributed by atoms with van der Waals surface area (Å²) in [5.41, 5.74) is 0.0840. The number of nitro groups is 1. The number of para-hydroxylation sites is 1. The molecule has 0 aromatic heterocycles. The van der Waals surface area contributed by atoms with Gasteiger partial charge in [-0.3, -0.25) is 14.9 Å². The van der Waals surface area contributed by atoms with Gasteiger partial charge in [-0.2, -0.15) is 0 Å². The third-order valence-corrected chi connectivity index (χ3v) is 2.76. The van der Waals surface area contributed by atoms with Crippen LogP contribution in [0.3, 0.4) is 0 Å². The topological polar surface area (TPSA) is 72.2 Å². The lowest BCUT2D eigenvalue weighted by Gasteiger charge is -2.07. The van der Waals surface area contributed by atoms with E-state index in [0.717, 1.165) is 0 Å². The van der Waals surface area contributed by atoms with Crippen LogP contribution in [0.15, 0.2) is 48.5 Å². The molecule has 0 unspecified atom stereocenters. The summed E-state index contributed by atoms with van der Waals surface area (Å²) < 4.78 is 0. The highest BCUT2D eigenvalue weighted by atomic mass is 35.5. The van der Waals surface area contributed by atoms with E-state index in [0.29, 0.717) is 5.69 Å². The smallest absolute Gasteiger partial charge is 0.283 e. The van der Waals surface area contributed by atoms with E-state index < -0.39 is 10.8 Å². The Kier molecular flexibility index (Phi) is 3.77. The number of nitro benzene ring substituents is 1. The summed E-state index contributed by atoms with van der Waals surface area (Å²) in [6, 6.07) is 12.8. The predicted molar refractivity (Wildman–Crippen MR) is 72.5 cm³/mol. The van der Waals surface area contributed by atoms with Crippen molar-refractivity contribution in [1.29, 1.82) is 0 Å². The first-order valence-electron chi connectivity index (χ1n) is 5.39. The van der Waals surface area contributed by atoms with Crippen molar-refractivity contribution in [3.8, 4) is 0 Å². The fourth-order valence-electron chi connectivity index (χ4n) is 1.60. The second kappa shape index (κ2) is 5.49. The Labute approximate surface area is 114 Å². The number of hydrogen-bond acceptors (Lipinski definition) is 3. The Morgan fingerprint density at radius 2 is 1.79 bits per heavy atom. The second-order valence-corrected chi connectivity index (χ2v) is 4.12. The largest absolute Gasteiger partial charge is 0.322 e. The fourth-order valence-corrected chi connectivity index (χ4v) is 1.86. The SMILES string of the molecule is O=C(Nc1ccccc1)c1c(Cl)cccc1[N+](=O)[O-]. The van der Waals surface area contributed by atoms with E-state index in [1.165, 1.54) is 18.2 Å². The number of nitrogens with zero attached hydrogens (tertiary/aromatic N) is 1. The lowest BCUT2D eigenvalue weighted by molar-refractivity contribution is -0.385. The van der Waals surface area contributed by atoms with Crippen LogP contribution in [-0.4, -0.2) is 10.8 Å². The van der Waals surface area contributed by atoms with Crippen LogP contribution >= 0.6 is 11.6 Å². The summed E-state index contributed by atoms with van der Waals surface area (Å²) >= 11 is 5.87. The van der Waals surface area contributed by atoms with Gasteiger partial charge in [0.05, 0.1) is 9.95 Å². The maximum absolute atomic E-state index is 12.1. The Balaban J connectivity index is 2.36. The number of rotatable bonds is 3. The van der Waals surface area contributed by atoms with Gasteiger partial charge >= 0.3 is 0 Å². The Morgan fingerprint density at radius 3 is 2.42 bits per heavy atom. The van der Waals surface area contributed by atoms with Gasteiger partial charge in [0, 0.05) is 11.8 Å². The van der Waals surface area contributed by atoms with Crippen molar-refractivity contribution in [3.05, 3.63) is 69.2 Å². The van der Waals surface area contributed by atoms with Crippen molar-refractivity contribution in [3.63, 3.8) is 0 Å². The molecule has 5 nitrogen and oxygen atoms in total. The molecular weight excluding hydrogens is 268 g/mol. The predicted octanol–water partition coefficient (Wildman–Crippen LogP) is 3.50. The minimum absolute atomic E-state index is 0.0441. The average Bonchev–Trinajstić information content (AvgIpc) is 2.39. The molecule has 0 fully saturated rings. The number of benzene rings is 2. The van der Waals surface area contributed by atoms with Crippen LogP contribution in [-0.2, 0) is 0 Å². The zero-order valence-corrected chi connectivity index (χ0v) is 10.4. The Bertz CT molecular complexity index is 629. The molecule has 2 aromatic rings. The van der Waals surface area contributed by atoms with Gasteiger partial charge in [-0.15, -0.1) is 0 Å². The summed E-state index contributed by atoms with van der Waals surface area (Å²) in [5.74, 6) is -0.608. The number of carbonyl (C=O) groups is 1. The molecule has 0 bridgehead atoms. The van der Waals surface area contributed by atoms with Crippen LogP contribution in [0.1, 0.15) is 10.4 Å². The number of halogens is 1. The van der Waals surface area contributed by atoms with Crippen molar-refractivity contribution in [2.24, 2.45) is 0 Å². The molecule has 0 saturated heterocycles. The molecule has 19 heavy (non-hydrogen) atoms. The Hall–Kier alpha value is -2.40. The molecule has 0 atom stereocenters. The van der Waals surface area contributed by atoms with Gasteiger partial charge in [-0.05, 0) is 18.2 Å². The minimum atomic E-state index is -0.633. The van der Waals surface area contributed by atoms with Crippen molar-refractivity contribution in [2.45, 2.75) is 0 Å². The van der Waals surface area contributed by atoms with Crippen molar-refractivity contribution in [2.75, 3.05) is 5.32 Å². The standard InChI is InChI=1S/C13H9ClN2O3/c14-10-7-4-8-11(16(18)19)12(10)13(17)15-9-5-2-1-3-6-9/h1-8H,(H,15,17). The molecule has 0 spiro atoms. The van der Waals surface area contributed by atoms with Crippen LogP contribution in [0, 0.1) is 10.1 Å². The van der Waals surface area contributed by atoms with E-state index in [-0.39, 0.29) is 16.3 Å². The van der Waals surface area contributed by atoms with Gasteiger partial charge in [-0.1, -0.05) is 35.9 Å². The number of nitrogens with one attached hydrogen (secondary N) is 1. The molecule has 6 heteroatoms. The fraction of sp³-hybridized carbons (Fsp3) is 0. The van der Waals surface area contributed by atoms with Gasteiger partial charge in [-0.25, -0.2) is 0 Å². The highest BCUT2D eigenvalue weighted by Gasteiger charge is 2.23. The molecule has 0 aliphatic heterocycles. The molecule has 0 aliphatic carbocycles. The lowest BCUT2D eigenvalue weighted by Crippen LogP contribution is -2.14. The molecule has 2 rings (SSSR count). The van der Waals surface area contributed by atoms with Gasteiger partial charge in [0.15, 0.2) is 0 Å². The zero-order valence-electron chi connectivity index (χ0n) is 9.67. The molecule has 1 N–H and O–H groups in total. The summed E-state index contributed by atoms with van der Waals surface area (Å²) in [7, 11) is 0. The summed E-state index contributed by atoms with van der Waals surface area (Å²) in [5, 5.41) is 13.5. The number of carbonyl (C=O) groups excluding carboxylic acids is 1. The van der Waals surface area contributed by atoms with E-state index in [2.05, 4.69) is 5.32 Å². The minimum Gasteiger partial charge on any atom is -0.322 e. The van der Waals surface area contributed by atoms with Crippen molar-refractivity contribution in [1.82, 2.24) is 0 Å². The summed E-state index contributed by atoms with van der Waals surface area (Å²) in [4.78, 5) is 22.3. The van der Waals surface area contributed by atoms with Gasteiger partial charge in [0.2, 0.25) is 0 Å². The molecule has 0 radical (unpaired) electrons. The number of hydrogen-bond donors (Lipinski definition) is 1.